The molecule has 2 aromatic carbocycles. The number of nitrogens with one attached hydrogen (secondary N) is 1. The number of anilines is 1. The number of fused-ring (bicyclic) bond motifs is 5. The molecule has 1 unspecified atom stereocenters. The first-order valence-electron chi connectivity index (χ1n) is 10.8. The minimum absolute atomic E-state index is 0.198. The van der Waals surface area contributed by atoms with E-state index in [0.717, 1.165) is 33.2 Å². The Kier molecular flexibility index (Phi) is 4.25. The molecule has 0 amide bonds. The van der Waals surface area contributed by atoms with Gasteiger partial charge in [0.25, 0.3) is 5.56 Å². The van der Waals surface area contributed by atoms with Crippen LogP contribution in [0.2, 0.25) is 0 Å². The number of rotatable bonds is 2. The Balaban J connectivity index is 1.88. The average molecular weight is 455 g/mol. The molecule has 1 aliphatic heterocycles. The van der Waals surface area contributed by atoms with Gasteiger partial charge in [0.1, 0.15) is 6.04 Å². The second kappa shape index (κ2) is 7.08. The van der Waals surface area contributed by atoms with Crippen LogP contribution in [0.25, 0.3) is 27.8 Å². The normalized spacial score (nSPS) is 14.7. The monoisotopic (exact) mass is 454 g/mol. The molecule has 6 rings (SSSR count). The summed E-state index contributed by atoms with van der Waals surface area (Å²) < 4.78 is 4.98. The summed E-state index contributed by atoms with van der Waals surface area (Å²) in [6, 6.07) is 22.1. The molecule has 1 N–H and O–H groups in total. The maximum atomic E-state index is 13.6. The van der Waals surface area contributed by atoms with Gasteiger partial charge in [-0.05, 0) is 36.8 Å². The number of hydrogen-bond acceptors (Lipinski definition) is 4. The van der Waals surface area contributed by atoms with Crippen LogP contribution < -0.4 is 16.6 Å². The molecule has 0 fully saturated rings. The van der Waals surface area contributed by atoms with Crippen LogP contribution in [-0.4, -0.2) is 13.7 Å². The molecule has 0 saturated heterocycles. The number of aromatic nitrogens is 3. The maximum Gasteiger partial charge on any atom is 0.331 e. The van der Waals surface area contributed by atoms with Gasteiger partial charge in [-0.3, -0.25) is 13.9 Å². The molecule has 1 atom stereocenters. The molecule has 6 nitrogen and oxygen atoms in total. The Morgan fingerprint density at radius 1 is 0.879 bits per heavy atom. The molecule has 5 aromatic rings. The quantitative estimate of drug-likeness (QED) is 0.425. The third-order valence-corrected chi connectivity index (χ3v) is 7.49. The Labute approximate surface area is 194 Å². The van der Waals surface area contributed by atoms with Gasteiger partial charge in [0.2, 0.25) is 0 Å². The summed E-state index contributed by atoms with van der Waals surface area (Å²) >= 11 is 1.72. The van der Waals surface area contributed by atoms with E-state index in [-0.39, 0.29) is 17.3 Å². The van der Waals surface area contributed by atoms with Gasteiger partial charge in [-0.15, -0.1) is 11.3 Å². The summed E-state index contributed by atoms with van der Waals surface area (Å²) in [6.07, 6.45) is 0. The van der Waals surface area contributed by atoms with E-state index >= 15 is 0 Å². The van der Waals surface area contributed by atoms with Crippen molar-refractivity contribution in [2.45, 2.75) is 13.0 Å². The second-order valence-corrected chi connectivity index (χ2v) is 9.73. The first-order valence-corrected chi connectivity index (χ1v) is 11.6. The third-order valence-electron chi connectivity index (χ3n) is 6.42. The molecule has 0 aliphatic carbocycles. The molecule has 0 saturated carbocycles. The summed E-state index contributed by atoms with van der Waals surface area (Å²) in [6.45, 7) is 2.09. The van der Waals surface area contributed by atoms with Gasteiger partial charge >= 0.3 is 5.69 Å². The Bertz CT molecular complexity index is 1670. The van der Waals surface area contributed by atoms with Gasteiger partial charge in [-0.1, -0.05) is 42.5 Å². The molecule has 4 heterocycles. The van der Waals surface area contributed by atoms with Crippen LogP contribution in [0.15, 0.2) is 76.3 Å². The van der Waals surface area contributed by atoms with Gasteiger partial charge < -0.3 is 9.88 Å². The largest absolute Gasteiger partial charge is 0.370 e. The van der Waals surface area contributed by atoms with Gasteiger partial charge in [-0.2, -0.15) is 0 Å². The molecule has 33 heavy (non-hydrogen) atoms. The van der Waals surface area contributed by atoms with Crippen molar-refractivity contribution in [1.82, 2.24) is 13.7 Å². The van der Waals surface area contributed by atoms with Crippen LogP contribution in [0.5, 0.6) is 0 Å². The highest BCUT2D eigenvalue weighted by atomic mass is 32.1. The average Bonchev–Trinajstić information content (AvgIpc) is 3.43. The van der Waals surface area contributed by atoms with Crippen LogP contribution >= 0.6 is 11.3 Å². The zero-order valence-corrected chi connectivity index (χ0v) is 19.3. The maximum absolute atomic E-state index is 13.6. The predicted octanol–water partition coefficient (Wildman–Crippen LogP) is 4.58. The summed E-state index contributed by atoms with van der Waals surface area (Å²) in [5.41, 5.74) is 4.64. The lowest BCUT2D eigenvalue weighted by molar-refractivity contribution is 0.709. The number of thiophene rings is 1. The number of benzene rings is 2. The molecule has 0 radical (unpaired) electrons. The summed E-state index contributed by atoms with van der Waals surface area (Å²) in [5.74, 6) is 0. The standard InChI is InChI=1S/C26H22N4O2S/c1-15-13-14-19(33-15)21-24-23-20(25(31)29(3)26(32)28(23)2)22(16-9-5-4-6-10-16)30(24)18-12-8-7-11-17(18)27-21/h4-14,21,27H,1-3H3. The predicted molar refractivity (Wildman–Crippen MR) is 134 cm³/mol. The fraction of sp³-hybridized carbons (Fsp3) is 0.154. The van der Waals surface area contributed by atoms with E-state index in [0.29, 0.717) is 10.9 Å². The number of aryl methyl sites for hydroxylation is 2. The summed E-state index contributed by atoms with van der Waals surface area (Å²) in [5, 5.41) is 4.24. The van der Waals surface area contributed by atoms with Crippen molar-refractivity contribution in [3.05, 3.63) is 103 Å². The zero-order valence-electron chi connectivity index (χ0n) is 18.5. The fourth-order valence-electron chi connectivity index (χ4n) is 4.91. The van der Waals surface area contributed by atoms with Gasteiger partial charge in [0, 0.05) is 23.8 Å². The van der Waals surface area contributed by atoms with Crippen molar-refractivity contribution >= 4 is 27.9 Å². The lowest BCUT2D eigenvalue weighted by atomic mass is 10.1. The summed E-state index contributed by atoms with van der Waals surface area (Å²) in [4.78, 5) is 29.0. The first kappa shape index (κ1) is 19.8. The van der Waals surface area contributed by atoms with Crippen LogP contribution in [-0.2, 0) is 14.1 Å². The van der Waals surface area contributed by atoms with Gasteiger partial charge in [0.15, 0.2) is 0 Å². The number of hydrogen-bond donors (Lipinski definition) is 1. The van der Waals surface area contributed by atoms with Crippen molar-refractivity contribution in [3.63, 3.8) is 0 Å². The molecular weight excluding hydrogens is 432 g/mol. The molecule has 164 valence electrons. The molecule has 3 aromatic heterocycles. The van der Waals surface area contributed by atoms with Crippen molar-refractivity contribution in [3.8, 4) is 16.9 Å². The van der Waals surface area contributed by atoms with Crippen LogP contribution in [0, 0.1) is 6.92 Å². The smallest absolute Gasteiger partial charge is 0.331 e. The molecular formula is C26H22N4O2S. The zero-order chi connectivity index (χ0) is 22.9. The molecule has 1 aliphatic rings. The SMILES string of the molecule is Cc1ccc(C2Nc3ccccc3-n3c(-c4ccccc4)c4c(=O)n(C)c(=O)n(C)c4c32)s1. The lowest BCUT2D eigenvalue weighted by Crippen LogP contribution is -2.37. The number of para-hydroxylation sites is 2. The summed E-state index contributed by atoms with van der Waals surface area (Å²) in [7, 11) is 3.29. The van der Waals surface area contributed by atoms with Crippen molar-refractivity contribution in [2.24, 2.45) is 14.1 Å². The minimum atomic E-state index is -0.333. The Morgan fingerprint density at radius 3 is 2.33 bits per heavy atom. The minimum Gasteiger partial charge on any atom is -0.370 e. The van der Waals surface area contributed by atoms with Crippen LogP contribution in [0.1, 0.15) is 21.5 Å². The van der Waals surface area contributed by atoms with Crippen molar-refractivity contribution < 1.29 is 0 Å². The van der Waals surface area contributed by atoms with Crippen molar-refractivity contribution in [2.75, 3.05) is 5.32 Å². The topological polar surface area (TPSA) is 61.0 Å². The van der Waals surface area contributed by atoms with E-state index in [9.17, 15) is 9.59 Å². The fourth-order valence-corrected chi connectivity index (χ4v) is 5.84. The highest BCUT2D eigenvalue weighted by Gasteiger charge is 2.35. The highest BCUT2D eigenvalue weighted by Crippen LogP contribution is 2.46. The van der Waals surface area contributed by atoms with E-state index in [2.05, 4.69) is 41.1 Å². The molecule has 7 heteroatoms. The highest BCUT2D eigenvalue weighted by molar-refractivity contribution is 7.12. The van der Waals surface area contributed by atoms with Crippen molar-refractivity contribution in [1.29, 1.82) is 0 Å². The van der Waals surface area contributed by atoms with Crippen LogP contribution in [0.4, 0.5) is 5.69 Å². The molecule has 0 spiro atoms. The van der Waals surface area contributed by atoms with E-state index in [1.54, 1.807) is 30.0 Å². The van der Waals surface area contributed by atoms with Crippen LogP contribution in [0.3, 0.4) is 0 Å². The Hall–Kier alpha value is -3.84. The molecule has 0 bridgehead atoms. The number of nitrogens with zero attached hydrogens (tertiary/aromatic N) is 3. The lowest BCUT2D eigenvalue weighted by Gasteiger charge is -2.30. The van der Waals surface area contributed by atoms with E-state index in [1.165, 1.54) is 9.44 Å². The van der Waals surface area contributed by atoms with E-state index in [4.69, 9.17) is 0 Å². The van der Waals surface area contributed by atoms with E-state index < -0.39 is 0 Å². The third kappa shape index (κ3) is 2.72. The van der Waals surface area contributed by atoms with Gasteiger partial charge in [-0.25, -0.2) is 4.79 Å². The van der Waals surface area contributed by atoms with Gasteiger partial charge in [0.05, 0.1) is 33.7 Å². The Morgan fingerprint density at radius 2 is 1.61 bits per heavy atom. The first-order chi connectivity index (χ1) is 16.0. The van der Waals surface area contributed by atoms with E-state index in [1.807, 2.05) is 42.5 Å². The second-order valence-electron chi connectivity index (χ2n) is 8.41.